The SMILES string of the molecule is Cc1cccc(C)c1NC(=O)CN1CCN(Cc2csc(-c3ccccc3)n2)CC1. The van der Waals surface area contributed by atoms with Crippen molar-refractivity contribution in [3.05, 3.63) is 70.7 Å². The first-order valence-electron chi connectivity index (χ1n) is 10.4. The quantitative estimate of drug-likeness (QED) is 0.650. The van der Waals surface area contributed by atoms with Gasteiger partial charge in [-0.25, -0.2) is 4.98 Å². The summed E-state index contributed by atoms with van der Waals surface area (Å²) in [4.78, 5) is 22.0. The maximum atomic E-state index is 12.5. The Labute approximate surface area is 182 Å². The molecule has 0 bridgehead atoms. The highest BCUT2D eigenvalue weighted by Crippen LogP contribution is 2.24. The molecule has 0 spiro atoms. The lowest BCUT2D eigenvalue weighted by atomic mass is 10.1. The number of rotatable bonds is 6. The van der Waals surface area contributed by atoms with Gasteiger partial charge >= 0.3 is 0 Å². The molecule has 1 amide bonds. The third-order valence-electron chi connectivity index (χ3n) is 5.54. The van der Waals surface area contributed by atoms with Gasteiger partial charge in [0.25, 0.3) is 0 Å². The van der Waals surface area contributed by atoms with E-state index < -0.39 is 0 Å². The average Bonchev–Trinajstić information content (AvgIpc) is 3.21. The highest BCUT2D eigenvalue weighted by atomic mass is 32.1. The van der Waals surface area contributed by atoms with Gasteiger partial charge in [0.2, 0.25) is 5.91 Å². The van der Waals surface area contributed by atoms with E-state index in [1.54, 1.807) is 11.3 Å². The van der Waals surface area contributed by atoms with E-state index >= 15 is 0 Å². The van der Waals surface area contributed by atoms with Crippen LogP contribution in [0.1, 0.15) is 16.8 Å². The van der Waals surface area contributed by atoms with Crippen molar-refractivity contribution < 1.29 is 4.79 Å². The highest BCUT2D eigenvalue weighted by Gasteiger charge is 2.20. The normalized spacial score (nSPS) is 15.3. The fraction of sp³-hybridized carbons (Fsp3) is 0.333. The van der Waals surface area contributed by atoms with Gasteiger partial charge in [-0.3, -0.25) is 14.6 Å². The Morgan fingerprint density at radius 3 is 2.33 bits per heavy atom. The molecule has 1 aromatic heterocycles. The second-order valence-electron chi connectivity index (χ2n) is 7.88. The lowest BCUT2D eigenvalue weighted by Crippen LogP contribution is -2.48. The van der Waals surface area contributed by atoms with Gasteiger partial charge in [-0.2, -0.15) is 0 Å². The van der Waals surface area contributed by atoms with Crippen LogP contribution >= 0.6 is 11.3 Å². The number of anilines is 1. The van der Waals surface area contributed by atoms with E-state index in [-0.39, 0.29) is 5.91 Å². The third-order valence-corrected chi connectivity index (χ3v) is 6.48. The molecular formula is C24H28N4OS. The molecule has 30 heavy (non-hydrogen) atoms. The molecule has 2 aromatic carbocycles. The Bertz CT molecular complexity index is 973. The van der Waals surface area contributed by atoms with Crippen LogP contribution in [-0.2, 0) is 11.3 Å². The first-order chi connectivity index (χ1) is 14.6. The number of aromatic nitrogens is 1. The molecule has 0 unspecified atom stereocenters. The van der Waals surface area contributed by atoms with Gasteiger partial charge in [-0.05, 0) is 25.0 Å². The van der Waals surface area contributed by atoms with Crippen LogP contribution in [0.25, 0.3) is 10.6 Å². The topological polar surface area (TPSA) is 48.5 Å². The predicted molar refractivity (Wildman–Crippen MR) is 124 cm³/mol. The molecule has 0 atom stereocenters. The molecule has 1 saturated heterocycles. The second-order valence-corrected chi connectivity index (χ2v) is 8.74. The molecule has 0 radical (unpaired) electrons. The maximum Gasteiger partial charge on any atom is 0.238 e. The number of piperazine rings is 1. The van der Waals surface area contributed by atoms with E-state index in [0.717, 1.165) is 60.2 Å². The van der Waals surface area contributed by atoms with Crippen LogP contribution < -0.4 is 5.32 Å². The number of aryl methyl sites for hydroxylation is 2. The fourth-order valence-electron chi connectivity index (χ4n) is 3.82. The molecule has 0 aliphatic carbocycles. The summed E-state index contributed by atoms with van der Waals surface area (Å²) in [5, 5.41) is 6.33. The van der Waals surface area contributed by atoms with E-state index in [1.807, 2.05) is 50.2 Å². The van der Waals surface area contributed by atoms with Crippen molar-refractivity contribution >= 4 is 22.9 Å². The van der Waals surface area contributed by atoms with Crippen LogP contribution in [0.5, 0.6) is 0 Å². The molecule has 1 aliphatic heterocycles. The number of nitrogens with zero attached hydrogens (tertiary/aromatic N) is 3. The fourth-order valence-corrected chi connectivity index (χ4v) is 4.64. The number of thiazole rings is 1. The van der Waals surface area contributed by atoms with Crippen molar-refractivity contribution in [1.82, 2.24) is 14.8 Å². The standard InChI is InChI=1S/C24H28N4OS/c1-18-7-6-8-19(2)23(18)26-22(29)16-28-13-11-27(12-14-28)15-21-17-30-24(25-21)20-9-4-3-5-10-20/h3-10,17H,11-16H2,1-2H3,(H,26,29). The van der Waals surface area contributed by atoms with Crippen LogP contribution in [-0.4, -0.2) is 53.4 Å². The van der Waals surface area contributed by atoms with Crippen molar-refractivity contribution in [2.24, 2.45) is 0 Å². The lowest BCUT2D eigenvalue weighted by molar-refractivity contribution is -0.117. The number of amides is 1. The van der Waals surface area contributed by atoms with Gasteiger partial charge in [-0.1, -0.05) is 48.5 Å². The summed E-state index contributed by atoms with van der Waals surface area (Å²) in [6.07, 6.45) is 0. The van der Waals surface area contributed by atoms with Crippen LogP contribution in [0.2, 0.25) is 0 Å². The van der Waals surface area contributed by atoms with Crippen molar-refractivity contribution in [1.29, 1.82) is 0 Å². The third kappa shape index (κ3) is 5.14. The van der Waals surface area contributed by atoms with Crippen molar-refractivity contribution in [2.45, 2.75) is 20.4 Å². The predicted octanol–water partition coefficient (Wildman–Crippen LogP) is 4.18. The number of hydrogen-bond donors (Lipinski definition) is 1. The van der Waals surface area contributed by atoms with E-state index in [2.05, 4.69) is 32.6 Å². The molecule has 4 rings (SSSR count). The van der Waals surface area contributed by atoms with Crippen LogP contribution in [0.4, 0.5) is 5.69 Å². The number of nitrogens with one attached hydrogen (secondary N) is 1. The molecule has 1 fully saturated rings. The number of carbonyl (C=O) groups excluding carboxylic acids is 1. The van der Waals surface area contributed by atoms with Gasteiger partial charge in [0.15, 0.2) is 0 Å². The van der Waals surface area contributed by atoms with Gasteiger partial charge in [-0.15, -0.1) is 11.3 Å². The summed E-state index contributed by atoms with van der Waals surface area (Å²) in [5.74, 6) is 0.0628. The van der Waals surface area contributed by atoms with Crippen LogP contribution in [0.3, 0.4) is 0 Å². The molecule has 156 valence electrons. The van der Waals surface area contributed by atoms with Crippen molar-refractivity contribution in [2.75, 3.05) is 38.0 Å². The van der Waals surface area contributed by atoms with Crippen LogP contribution in [0.15, 0.2) is 53.9 Å². The zero-order valence-electron chi connectivity index (χ0n) is 17.6. The van der Waals surface area contributed by atoms with Crippen molar-refractivity contribution in [3.8, 4) is 10.6 Å². The minimum atomic E-state index is 0.0628. The van der Waals surface area contributed by atoms with Crippen molar-refractivity contribution in [3.63, 3.8) is 0 Å². The van der Waals surface area contributed by atoms with Crippen LogP contribution in [0, 0.1) is 13.8 Å². The largest absolute Gasteiger partial charge is 0.324 e. The zero-order valence-corrected chi connectivity index (χ0v) is 18.4. The second kappa shape index (κ2) is 9.51. The molecule has 0 saturated carbocycles. The lowest BCUT2D eigenvalue weighted by Gasteiger charge is -2.33. The summed E-state index contributed by atoms with van der Waals surface area (Å²) >= 11 is 1.70. The smallest absolute Gasteiger partial charge is 0.238 e. The minimum Gasteiger partial charge on any atom is -0.324 e. The molecule has 2 heterocycles. The minimum absolute atomic E-state index is 0.0628. The molecule has 5 nitrogen and oxygen atoms in total. The average molecular weight is 421 g/mol. The molecule has 1 aliphatic rings. The first kappa shape index (κ1) is 20.7. The van der Waals surface area contributed by atoms with E-state index in [9.17, 15) is 4.79 Å². The highest BCUT2D eigenvalue weighted by molar-refractivity contribution is 7.13. The van der Waals surface area contributed by atoms with Gasteiger partial charge < -0.3 is 5.32 Å². The first-order valence-corrected chi connectivity index (χ1v) is 11.3. The van der Waals surface area contributed by atoms with Gasteiger partial charge in [0, 0.05) is 49.4 Å². The summed E-state index contributed by atoms with van der Waals surface area (Å²) in [6.45, 7) is 9.07. The van der Waals surface area contributed by atoms with Gasteiger partial charge in [0.1, 0.15) is 5.01 Å². The number of benzene rings is 2. The van der Waals surface area contributed by atoms with E-state index in [0.29, 0.717) is 6.54 Å². The Balaban J connectivity index is 1.25. The summed E-state index contributed by atoms with van der Waals surface area (Å²) in [6, 6.07) is 16.4. The number of para-hydroxylation sites is 1. The van der Waals surface area contributed by atoms with E-state index in [4.69, 9.17) is 4.98 Å². The maximum absolute atomic E-state index is 12.5. The van der Waals surface area contributed by atoms with Gasteiger partial charge in [0.05, 0.1) is 12.2 Å². The summed E-state index contributed by atoms with van der Waals surface area (Å²) in [7, 11) is 0. The number of carbonyl (C=O) groups is 1. The zero-order chi connectivity index (χ0) is 20.9. The molecule has 1 N–H and O–H groups in total. The van der Waals surface area contributed by atoms with E-state index in [1.165, 1.54) is 5.56 Å². The Morgan fingerprint density at radius 1 is 0.967 bits per heavy atom. The molecule has 6 heteroatoms. The monoisotopic (exact) mass is 420 g/mol. The Kier molecular flexibility index (Phi) is 6.57. The summed E-state index contributed by atoms with van der Waals surface area (Å²) < 4.78 is 0. The Hall–Kier alpha value is -2.54. The Morgan fingerprint density at radius 2 is 1.63 bits per heavy atom. The number of hydrogen-bond acceptors (Lipinski definition) is 5. The molecule has 3 aromatic rings. The molecular weight excluding hydrogens is 392 g/mol. The summed E-state index contributed by atoms with van der Waals surface area (Å²) in [5.41, 5.74) is 5.45.